The fourth-order valence-corrected chi connectivity index (χ4v) is 4.99. The van der Waals surface area contributed by atoms with Gasteiger partial charge in [0.1, 0.15) is 12.1 Å². The van der Waals surface area contributed by atoms with Crippen LogP contribution in [0.4, 0.5) is 5.82 Å². The summed E-state index contributed by atoms with van der Waals surface area (Å²) in [6.45, 7) is 13.3. The molecular weight excluding hydrogens is 505 g/mol. The van der Waals surface area contributed by atoms with Crippen LogP contribution in [0.25, 0.3) is 0 Å². The van der Waals surface area contributed by atoms with Gasteiger partial charge in [0.05, 0.1) is 5.92 Å². The number of hydrogen-bond acceptors (Lipinski definition) is 5. The van der Waals surface area contributed by atoms with Crippen LogP contribution in [0.15, 0.2) is 30.6 Å². The third-order valence-electron chi connectivity index (χ3n) is 6.72. The molecule has 1 aliphatic carbocycles. The van der Waals surface area contributed by atoms with E-state index in [0.717, 1.165) is 43.9 Å². The van der Waals surface area contributed by atoms with Gasteiger partial charge in [-0.05, 0) is 41.9 Å². The van der Waals surface area contributed by atoms with Crippen LogP contribution in [0, 0.1) is 5.41 Å². The minimum absolute atomic E-state index is 0. The number of benzene rings is 1. The summed E-state index contributed by atoms with van der Waals surface area (Å²) in [6, 6.07) is 7.70. The molecular formula is C26H38Cl3N5O. The molecule has 194 valence electrons. The summed E-state index contributed by atoms with van der Waals surface area (Å²) in [4.78, 5) is 27.1. The molecule has 1 aromatic carbocycles. The second-order valence-corrected chi connectivity index (χ2v) is 11.0. The Labute approximate surface area is 227 Å². The number of carbonyl (C=O) groups excluding carboxylic acids is 1. The number of piperazine rings is 1. The molecule has 0 radical (unpaired) electrons. The molecule has 0 spiro atoms. The molecule has 2 heterocycles. The van der Waals surface area contributed by atoms with Gasteiger partial charge in [-0.2, -0.15) is 0 Å². The Morgan fingerprint density at radius 1 is 1.11 bits per heavy atom. The Morgan fingerprint density at radius 3 is 2.40 bits per heavy atom. The first-order valence-corrected chi connectivity index (χ1v) is 12.4. The summed E-state index contributed by atoms with van der Waals surface area (Å²) >= 11 is 6.11. The zero-order valence-corrected chi connectivity index (χ0v) is 23.5. The molecule has 2 atom stereocenters. The molecule has 1 aliphatic heterocycles. The highest BCUT2D eigenvalue weighted by Crippen LogP contribution is 2.37. The van der Waals surface area contributed by atoms with E-state index >= 15 is 0 Å². The van der Waals surface area contributed by atoms with Crippen LogP contribution in [0.1, 0.15) is 62.8 Å². The van der Waals surface area contributed by atoms with Crippen LogP contribution < -0.4 is 10.2 Å². The van der Waals surface area contributed by atoms with Gasteiger partial charge in [-0.15, -0.1) is 24.8 Å². The van der Waals surface area contributed by atoms with Crippen molar-refractivity contribution < 1.29 is 4.79 Å². The predicted molar refractivity (Wildman–Crippen MR) is 149 cm³/mol. The maximum atomic E-state index is 13.6. The zero-order valence-electron chi connectivity index (χ0n) is 21.1. The maximum absolute atomic E-state index is 13.6. The van der Waals surface area contributed by atoms with E-state index in [0.29, 0.717) is 30.6 Å². The lowest BCUT2D eigenvalue weighted by Gasteiger charge is -2.38. The SMILES string of the molecule is C[C@@H]1CCc2ncnc(N3CCN(C(=O)[C@@H](CNCC(C)(C)C)c4ccc(Cl)cc4)CC3)c21.Cl.Cl. The lowest BCUT2D eigenvalue weighted by molar-refractivity contribution is -0.133. The normalized spacial score (nSPS) is 18.4. The average molecular weight is 543 g/mol. The molecule has 6 nitrogen and oxygen atoms in total. The van der Waals surface area contributed by atoms with Crippen molar-refractivity contribution in [2.75, 3.05) is 44.2 Å². The third kappa shape index (κ3) is 7.22. The van der Waals surface area contributed by atoms with E-state index < -0.39 is 0 Å². The van der Waals surface area contributed by atoms with Crippen molar-refractivity contribution in [3.8, 4) is 0 Å². The number of amides is 1. The van der Waals surface area contributed by atoms with Crippen LogP contribution in [-0.2, 0) is 11.2 Å². The summed E-state index contributed by atoms with van der Waals surface area (Å²) in [7, 11) is 0. The van der Waals surface area contributed by atoms with Crippen molar-refractivity contribution in [1.82, 2.24) is 20.2 Å². The fourth-order valence-electron chi connectivity index (χ4n) is 4.87. The van der Waals surface area contributed by atoms with E-state index in [1.807, 2.05) is 29.2 Å². The first-order chi connectivity index (χ1) is 15.7. The summed E-state index contributed by atoms with van der Waals surface area (Å²) in [5, 5.41) is 4.21. The maximum Gasteiger partial charge on any atom is 0.231 e. The number of halogens is 3. The summed E-state index contributed by atoms with van der Waals surface area (Å²) < 4.78 is 0. The number of anilines is 1. The monoisotopic (exact) mass is 541 g/mol. The molecule has 1 fully saturated rings. The van der Waals surface area contributed by atoms with Gasteiger partial charge in [-0.1, -0.05) is 51.4 Å². The molecule has 4 rings (SSSR count). The summed E-state index contributed by atoms with van der Waals surface area (Å²) in [5.74, 6) is 1.52. The Bertz CT molecular complexity index is 972. The lowest BCUT2D eigenvalue weighted by Crippen LogP contribution is -2.51. The van der Waals surface area contributed by atoms with Crippen molar-refractivity contribution in [2.45, 2.75) is 52.4 Å². The first kappa shape index (κ1) is 29.6. The first-order valence-electron chi connectivity index (χ1n) is 12.1. The third-order valence-corrected chi connectivity index (χ3v) is 6.97. The fraction of sp³-hybridized carbons (Fsp3) is 0.577. The van der Waals surface area contributed by atoms with Crippen LogP contribution >= 0.6 is 36.4 Å². The molecule has 1 amide bonds. The number of hydrogen-bond donors (Lipinski definition) is 1. The molecule has 9 heteroatoms. The smallest absolute Gasteiger partial charge is 0.231 e. The Kier molecular flexibility index (Phi) is 10.6. The molecule has 1 saturated heterocycles. The molecule has 2 aromatic rings. The van der Waals surface area contributed by atoms with E-state index in [9.17, 15) is 4.79 Å². The van der Waals surface area contributed by atoms with Crippen LogP contribution in [0.2, 0.25) is 5.02 Å². The van der Waals surface area contributed by atoms with E-state index in [2.05, 4.69) is 47.9 Å². The largest absolute Gasteiger partial charge is 0.353 e. The number of nitrogens with one attached hydrogen (secondary N) is 1. The quantitative estimate of drug-likeness (QED) is 0.551. The van der Waals surface area contributed by atoms with Gasteiger partial charge in [-0.3, -0.25) is 4.79 Å². The number of rotatable bonds is 6. The van der Waals surface area contributed by atoms with Crippen LogP contribution in [0.3, 0.4) is 0 Å². The minimum atomic E-state index is -0.223. The number of carbonyl (C=O) groups is 1. The van der Waals surface area contributed by atoms with Crippen molar-refractivity contribution in [1.29, 1.82) is 0 Å². The topological polar surface area (TPSA) is 61.4 Å². The van der Waals surface area contributed by atoms with Crippen molar-refractivity contribution in [3.05, 3.63) is 52.4 Å². The standard InChI is InChI=1S/C26H36ClN5O.2ClH/c1-18-5-10-22-23(18)24(30-17-29-22)31-11-13-32(14-12-31)25(33)21(15-28-16-26(2,3)4)19-6-8-20(27)9-7-19;;/h6-9,17-18,21,28H,5,10-16H2,1-4H3;2*1H/t18-,21+;;/m1../s1. The summed E-state index contributed by atoms with van der Waals surface area (Å²) in [6.07, 6.45) is 3.87. The molecule has 1 N–H and O–H groups in total. The van der Waals surface area contributed by atoms with Crippen molar-refractivity contribution in [3.63, 3.8) is 0 Å². The van der Waals surface area contributed by atoms with Gasteiger partial charge in [0.15, 0.2) is 0 Å². The van der Waals surface area contributed by atoms with Gasteiger partial charge in [0.2, 0.25) is 5.91 Å². The molecule has 35 heavy (non-hydrogen) atoms. The van der Waals surface area contributed by atoms with E-state index in [-0.39, 0.29) is 42.1 Å². The van der Waals surface area contributed by atoms with E-state index in [1.54, 1.807) is 6.33 Å². The Morgan fingerprint density at radius 2 is 1.77 bits per heavy atom. The highest BCUT2D eigenvalue weighted by Gasteiger charge is 2.32. The molecule has 0 saturated carbocycles. The average Bonchev–Trinajstić information content (AvgIpc) is 3.18. The van der Waals surface area contributed by atoms with Crippen LogP contribution in [0.5, 0.6) is 0 Å². The predicted octanol–water partition coefficient (Wildman–Crippen LogP) is 5.09. The Hall–Kier alpha value is -1.60. The zero-order chi connectivity index (χ0) is 23.6. The van der Waals surface area contributed by atoms with Crippen LogP contribution in [-0.4, -0.2) is 60.0 Å². The number of fused-ring (bicyclic) bond motifs is 1. The second kappa shape index (κ2) is 12.6. The lowest BCUT2D eigenvalue weighted by atomic mass is 9.94. The second-order valence-electron chi connectivity index (χ2n) is 10.6. The van der Waals surface area contributed by atoms with Gasteiger partial charge >= 0.3 is 0 Å². The molecule has 2 aliphatic rings. The summed E-state index contributed by atoms with van der Waals surface area (Å²) in [5.41, 5.74) is 3.67. The van der Waals surface area contributed by atoms with Gasteiger partial charge in [-0.25, -0.2) is 9.97 Å². The highest BCUT2D eigenvalue weighted by molar-refractivity contribution is 6.30. The molecule has 0 unspecified atom stereocenters. The number of aromatic nitrogens is 2. The molecule has 1 aromatic heterocycles. The van der Waals surface area contributed by atoms with Gasteiger partial charge < -0.3 is 15.1 Å². The molecule has 0 bridgehead atoms. The van der Waals surface area contributed by atoms with Gasteiger partial charge in [0.25, 0.3) is 0 Å². The van der Waals surface area contributed by atoms with E-state index in [1.165, 1.54) is 11.3 Å². The number of nitrogens with zero attached hydrogens (tertiary/aromatic N) is 4. The minimum Gasteiger partial charge on any atom is -0.353 e. The van der Waals surface area contributed by atoms with E-state index in [4.69, 9.17) is 11.6 Å². The number of aryl methyl sites for hydroxylation is 1. The van der Waals surface area contributed by atoms with Crippen molar-refractivity contribution >= 4 is 48.1 Å². The van der Waals surface area contributed by atoms with Gasteiger partial charge in [0, 0.05) is 55.5 Å². The Balaban J connectivity index is 0.00000216. The highest BCUT2D eigenvalue weighted by atomic mass is 35.5. The van der Waals surface area contributed by atoms with Crippen molar-refractivity contribution in [2.24, 2.45) is 5.41 Å².